The van der Waals surface area contributed by atoms with Crippen molar-refractivity contribution in [3.8, 4) is 44.5 Å². The van der Waals surface area contributed by atoms with Gasteiger partial charge in [0.25, 0.3) is 0 Å². The Balaban J connectivity index is 1.30. The van der Waals surface area contributed by atoms with Gasteiger partial charge >= 0.3 is 0 Å². The molecule has 0 heterocycles. The van der Waals surface area contributed by atoms with Crippen LogP contribution in [0.25, 0.3) is 76.8 Å². The van der Waals surface area contributed by atoms with Gasteiger partial charge in [0, 0.05) is 5.41 Å². The van der Waals surface area contributed by atoms with E-state index in [9.17, 15) is 1.37 Å². The maximum absolute atomic E-state index is 9.29. The maximum atomic E-state index is 9.29. The molecule has 0 saturated heterocycles. The Morgan fingerprint density at radius 3 is 2.00 bits per heavy atom. The molecule has 222 valence electrons. The molecule has 0 heteroatoms. The highest BCUT2D eigenvalue weighted by Gasteiger charge is 2.34. The molecule has 0 N–H and O–H groups in total. The molecule has 0 spiro atoms. The zero-order valence-electron chi connectivity index (χ0n) is 39.6. The van der Waals surface area contributed by atoms with Crippen molar-refractivity contribution >= 4 is 32.3 Å². The van der Waals surface area contributed by atoms with Crippen LogP contribution in [0.4, 0.5) is 0 Å². The number of hydrogen-bond acceptors (Lipinski definition) is 0. The zero-order valence-corrected chi connectivity index (χ0v) is 25.6. The average Bonchev–Trinajstić information content (AvgIpc) is 3.24. The predicted octanol–water partition coefficient (Wildman–Crippen LogP) is 13.0. The largest absolute Gasteiger partial charge is 0.0629 e. The first-order chi connectivity index (χ1) is 28.9. The molecule has 0 radical (unpaired) electrons. The molecule has 47 heavy (non-hydrogen) atoms. The van der Waals surface area contributed by atoms with Crippen LogP contribution in [0.2, 0.25) is 0 Å². The monoisotopic (exact) mass is 612 g/mol. The molecule has 2 bridgehead atoms. The smallest absolute Gasteiger partial charge is 0.0622 e. The van der Waals surface area contributed by atoms with E-state index in [4.69, 9.17) is 17.8 Å². The molecule has 0 aromatic heterocycles. The molecule has 1 aliphatic carbocycles. The molecule has 1 aliphatic rings. The van der Waals surface area contributed by atoms with E-state index >= 15 is 0 Å². The summed E-state index contributed by atoms with van der Waals surface area (Å²) in [5.74, 6) is 0. The summed E-state index contributed by atoms with van der Waals surface area (Å²) < 4.78 is 121. The Bertz CT molecular complexity index is 3300. The van der Waals surface area contributed by atoms with Crippen LogP contribution in [0.3, 0.4) is 0 Å². The fourth-order valence-corrected chi connectivity index (χ4v) is 7.00. The van der Waals surface area contributed by atoms with Gasteiger partial charge in [-0.25, -0.2) is 0 Å². The number of fused-ring (bicyclic) bond motifs is 3. The van der Waals surface area contributed by atoms with Crippen molar-refractivity contribution in [2.75, 3.05) is 0 Å². The summed E-state index contributed by atoms with van der Waals surface area (Å²) >= 11 is 0. The van der Waals surface area contributed by atoms with Crippen LogP contribution < -0.4 is 0 Å². The van der Waals surface area contributed by atoms with Crippen molar-refractivity contribution in [1.29, 1.82) is 0 Å². The zero-order chi connectivity index (χ0) is 43.7. The molecule has 0 fully saturated rings. The van der Waals surface area contributed by atoms with Crippen LogP contribution in [0.15, 0.2) is 170 Å². The third-order valence-corrected chi connectivity index (χ3v) is 9.28. The number of hydrogen-bond donors (Lipinski definition) is 0. The van der Waals surface area contributed by atoms with Gasteiger partial charge in [-0.1, -0.05) is 165 Å². The van der Waals surface area contributed by atoms with Gasteiger partial charge in [-0.2, -0.15) is 0 Å². The molecular formula is C47H34. The Kier molecular flexibility index (Phi) is 3.80. The van der Waals surface area contributed by atoms with Crippen LogP contribution in [0, 0.1) is 0 Å². The standard InChI is InChI=1S/C47H34/c1-47(2)44-26-24-34(31-12-5-3-6-13-31)29-43(44)41-21-11-20-40-39(25-27-45(47)46(40)41)36-18-10-17-35(28-36)38-19-8-4-7-14-32-15-9-16-33-22-23-37(38)30-42(32)33/h3-30H,1-2H3/i3D,5D,6D,7D,8D,9D,12D,13D,14D,15D,16D,19D,22D,23D. The fourth-order valence-electron chi connectivity index (χ4n) is 7.00. The molecule has 8 aromatic rings. The molecule has 0 nitrogen and oxygen atoms in total. The van der Waals surface area contributed by atoms with Gasteiger partial charge in [-0.15, -0.1) is 0 Å². The highest BCUT2D eigenvalue weighted by Crippen LogP contribution is 2.51. The average molecular weight is 613 g/mol. The highest BCUT2D eigenvalue weighted by atomic mass is 14.4. The Morgan fingerprint density at radius 1 is 0.404 bits per heavy atom. The number of benzene rings is 7. The highest BCUT2D eigenvalue weighted by molar-refractivity contribution is 6.10. The van der Waals surface area contributed by atoms with E-state index in [0.717, 1.165) is 50.2 Å². The lowest BCUT2D eigenvalue weighted by Crippen LogP contribution is -2.23. The summed E-state index contributed by atoms with van der Waals surface area (Å²) in [6.45, 7) is 4.25. The molecule has 0 amide bonds. The Labute approximate surface area is 295 Å². The van der Waals surface area contributed by atoms with Crippen molar-refractivity contribution in [2.24, 2.45) is 0 Å². The number of rotatable bonds is 3. The van der Waals surface area contributed by atoms with Crippen molar-refractivity contribution in [1.82, 2.24) is 0 Å². The van der Waals surface area contributed by atoms with E-state index in [1.807, 2.05) is 54.6 Å². The first-order valence-electron chi connectivity index (χ1n) is 22.4. The summed E-state index contributed by atoms with van der Waals surface area (Å²) in [5, 5.41) is 1.75. The second-order valence-electron chi connectivity index (χ2n) is 12.3. The van der Waals surface area contributed by atoms with Gasteiger partial charge < -0.3 is 0 Å². The summed E-state index contributed by atoms with van der Waals surface area (Å²) in [5.41, 5.74) is 6.08. The van der Waals surface area contributed by atoms with Gasteiger partial charge in [0.1, 0.15) is 0 Å². The van der Waals surface area contributed by atoms with E-state index in [1.165, 1.54) is 6.07 Å². The van der Waals surface area contributed by atoms with Gasteiger partial charge in [-0.05, 0) is 106 Å². The van der Waals surface area contributed by atoms with Crippen LogP contribution >= 0.6 is 0 Å². The minimum atomic E-state index is -0.542. The lowest BCUT2D eigenvalue weighted by atomic mass is 9.67. The maximum Gasteiger partial charge on any atom is 0.0629 e. The van der Waals surface area contributed by atoms with Gasteiger partial charge in [0.05, 0.1) is 19.2 Å². The SMILES string of the molecule is [2H]c1cc([2H])c([2H])c2c([2H])c([2H])c([2H])c3c([2H])c([2H])c(cc23)c(-c2cccc(-c3ccc4c5c(cccc35)-c3cc(-c5c([2H])c([2H])c([2H])c([2H])c5[2H])ccc3C4(C)C)c2)c1[2H]. The lowest BCUT2D eigenvalue weighted by molar-refractivity contribution is 0.645. The summed E-state index contributed by atoms with van der Waals surface area (Å²) in [7, 11) is 0. The van der Waals surface area contributed by atoms with Gasteiger partial charge in [0.2, 0.25) is 0 Å². The summed E-state index contributed by atoms with van der Waals surface area (Å²) in [6.07, 6.45) is 0. The molecule has 9 rings (SSSR count). The summed E-state index contributed by atoms with van der Waals surface area (Å²) in [6, 6.07) is 19.7. The molecule has 0 aliphatic heterocycles. The van der Waals surface area contributed by atoms with Crippen molar-refractivity contribution < 1.29 is 19.2 Å². The van der Waals surface area contributed by atoms with Gasteiger partial charge in [0.15, 0.2) is 0 Å². The van der Waals surface area contributed by atoms with Gasteiger partial charge in [-0.3, -0.25) is 0 Å². The quantitative estimate of drug-likeness (QED) is 0.186. The van der Waals surface area contributed by atoms with Crippen molar-refractivity contribution in [2.45, 2.75) is 19.3 Å². The molecule has 0 saturated carbocycles. The van der Waals surface area contributed by atoms with E-state index in [2.05, 4.69) is 19.9 Å². The van der Waals surface area contributed by atoms with Crippen LogP contribution in [-0.4, -0.2) is 0 Å². The van der Waals surface area contributed by atoms with E-state index in [0.29, 0.717) is 11.1 Å². The van der Waals surface area contributed by atoms with Crippen LogP contribution in [-0.2, 0) is 5.41 Å². The van der Waals surface area contributed by atoms with Crippen LogP contribution in [0.5, 0.6) is 0 Å². The van der Waals surface area contributed by atoms with Crippen molar-refractivity contribution in [3.05, 3.63) is 181 Å². The summed E-state index contributed by atoms with van der Waals surface area (Å²) in [4.78, 5) is 0. The third-order valence-electron chi connectivity index (χ3n) is 9.28. The molecule has 8 aromatic carbocycles. The Hall–Kier alpha value is -5.72. The van der Waals surface area contributed by atoms with E-state index in [1.54, 1.807) is 12.1 Å². The lowest BCUT2D eigenvalue weighted by Gasteiger charge is -2.36. The predicted molar refractivity (Wildman–Crippen MR) is 202 cm³/mol. The normalized spacial score (nSPS) is 17.2. The topological polar surface area (TPSA) is 0 Å². The Morgan fingerprint density at radius 2 is 1.13 bits per heavy atom. The molecule has 0 atom stereocenters. The van der Waals surface area contributed by atoms with E-state index in [-0.39, 0.29) is 56.8 Å². The van der Waals surface area contributed by atoms with Crippen LogP contribution in [0.1, 0.15) is 44.2 Å². The van der Waals surface area contributed by atoms with E-state index < -0.39 is 65.8 Å². The second-order valence-corrected chi connectivity index (χ2v) is 12.3. The first-order valence-corrected chi connectivity index (χ1v) is 15.4. The third kappa shape index (κ3) is 4.44. The minimum Gasteiger partial charge on any atom is -0.0622 e. The fraction of sp³-hybridized carbons (Fsp3) is 0.0638. The van der Waals surface area contributed by atoms with Crippen molar-refractivity contribution in [3.63, 3.8) is 0 Å². The first kappa shape index (κ1) is 16.7. The second kappa shape index (κ2) is 10.7. The molecular weight excluding hydrogens is 565 g/mol. The molecule has 0 unspecified atom stereocenters. The minimum absolute atomic E-state index is 0.0706.